The molecule has 124 valence electrons. The van der Waals surface area contributed by atoms with E-state index in [1.807, 2.05) is 43.3 Å². The number of fused-ring (bicyclic) bond motifs is 3. The molecule has 4 aromatic rings. The van der Waals surface area contributed by atoms with Gasteiger partial charge in [-0.2, -0.15) is 5.10 Å². The lowest BCUT2D eigenvalue weighted by atomic mass is 10.0. The zero-order valence-electron chi connectivity index (χ0n) is 13.8. The summed E-state index contributed by atoms with van der Waals surface area (Å²) in [6.07, 6.45) is 0. The van der Waals surface area contributed by atoms with Gasteiger partial charge in [-0.05, 0) is 47.9 Å². The van der Waals surface area contributed by atoms with Crippen molar-refractivity contribution in [2.24, 2.45) is 0 Å². The molecule has 0 radical (unpaired) electrons. The van der Waals surface area contributed by atoms with Crippen LogP contribution in [0.2, 0.25) is 0 Å². The molecule has 25 heavy (non-hydrogen) atoms. The van der Waals surface area contributed by atoms with Crippen molar-refractivity contribution in [2.45, 2.75) is 6.92 Å². The second kappa shape index (κ2) is 5.59. The number of H-pyrrole nitrogens is 1. The Bertz CT molecular complexity index is 1170. The number of nitrogens with one attached hydrogen (secondary N) is 2. The van der Waals surface area contributed by atoms with Crippen molar-refractivity contribution in [3.63, 3.8) is 0 Å². The van der Waals surface area contributed by atoms with Gasteiger partial charge in [0.25, 0.3) is 5.91 Å². The fourth-order valence-electron chi connectivity index (χ4n) is 3.10. The van der Waals surface area contributed by atoms with E-state index in [0.717, 1.165) is 27.6 Å². The number of pyridine rings is 1. The highest BCUT2D eigenvalue weighted by molar-refractivity contribution is 5.95. The summed E-state index contributed by atoms with van der Waals surface area (Å²) in [5.41, 5.74) is 4.76. The molecule has 6 nitrogen and oxygen atoms in total. The van der Waals surface area contributed by atoms with Crippen LogP contribution in [0.25, 0.3) is 27.7 Å². The first kappa shape index (κ1) is 15.1. The Labute approximate surface area is 143 Å². The van der Waals surface area contributed by atoms with Gasteiger partial charge in [-0.3, -0.25) is 4.79 Å². The third-order valence-corrected chi connectivity index (χ3v) is 4.41. The standard InChI is InChI=1S/C19H16N4O2/c1-11-9-17-21-22-19(25)23(17)16-10-14(7-8-15(11)16)12-3-5-13(6-4-12)18(24)20-2/h3-10H,1-2H3,(H,20,24)(H,22,25). The number of carbonyl (C=O) groups is 1. The topological polar surface area (TPSA) is 79.3 Å². The number of aromatic nitrogens is 3. The second-order valence-corrected chi connectivity index (χ2v) is 5.94. The maximum Gasteiger partial charge on any atom is 0.348 e. The number of hydrogen-bond acceptors (Lipinski definition) is 3. The van der Waals surface area contributed by atoms with E-state index >= 15 is 0 Å². The Balaban J connectivity index is 1.91. The highest BCUT2D eigenvalue weighted by Crippen LogP contribution is 2.27. The predicted octanol–water partition coefficient (Wildman–Crippen LogP) is 2.51. The minimum atomic E-state index is -0.257. The molecule has 4 rings (SSSR count). The van der Waals surface area contributed by atoms with Gasteiger partial charge < -0.3 is 5.32 Å². The number of benzene rings is 2. The molecule has 1 amide bonds. The molecule has 0 atom stereocenters. The molecule has 0 saturated carbocycles. The molecular weight excluding hydrogens is 316 g/mol. The van der Waals surface area contributed by atoms with Gasteiger partial charge in [0, 0.05) is 18.0 Å². The fourth-order valence-corrected chi connectivity index (χ4v) is 3.10. The first-order chi connectivity index (χ1) is 12.1. The summed E-state index contributed by atoms with van der Waals surface area (Å²) < 4.78 is 1.57. The summed E-state index contributed by atoms with van der Waals surface area (Å²) in [5.74, 6) is -0.118. The highest BCUT2D eigenvalue weighted by Gasteiger charge is 2.10. The number of aryl methyl sites for hydroxylation is 1. The van der Waals surface area contributed by atoms with Crippen LogP contribution in [-0.4, -0.2) is 27.6 Å². The zero-order chi connectivity index (χ0) is 17.6. The Hall–Kier alpha value is -3.41. The first-order valence-corrected chi connectivity index (χ1v) is 7.91. The van der Waals surface area contributed by atoms with E-state index < -0.39 is 0 Å². The van der Waals surface area contributed by atoms with Crippen LogP contribution in [0.5, 0.6) is 0 Å². The number of aromatic amines is 1. The van der Waals surface area contributed by atoms with Gasteiger partial charge in [-0.25, -0.2) is 14.3 Å². The smallest absolute Gasteiger partial charge is 0.348 e. The van der Waals surface area contributed by atoms with E-state index in [4.69, 9.17) is 0 Å². The van der Waals surface area contributed by atoms with Crippen molar-refractivity contribution < 1.29 is 4.79 Å². The van der Waals surface area contributed by atoms with Crippen LogP contribution in [0.3, 0.4) is 0 Å². The van der Waals surface area contributed by atoms with Gasteiger partial charge in [0.2, 0.25) is 0 Å². The van der Waals surface area contributed by atoms with Gasteiger partial charge in [0.05, 0.1) is 5.52 Å². The number of amides is 1. The molecule has 2 aromatic carbocycles. The maximum atomic E-state index is 12.1. The quantitative estimate of drug-likeness (QED) is 0.592. The third kappa shape index (κ3) is 2.39. The van der Waals surface area contributed by atoms with Crippen molar-refractivity contribution in [1.29, 1.82) is 0 Å². The summed E-state index contributed by atoms with van der Waals surface area (Å²) in [7, 11) is 1.61. The SMILES string of the molecule is CNC(=O)c1ccc(-c2ccc3c(C)cc4n[nH]c(=O)n4c3c2)cc1. The van der Waals surface area contributed by atoms with Crippen molar-refractivity contribution in [2.75, 3.05) is 7.05 Å². The normalized spacial score (nSPS) is 11.1. The van der Waals surface area contributed by atoms with Gasteiger partial charge in [-0.15, -0.1) is 0 Å². The summed E-state index contributed by atoms with van der Waals surface area (Å²) >= 11 is 0. The number of nitrogens with zero attached hydrogens (tertiary/aromatic N) is 2. The van der Waals surface area contributed by atoms with Crippen LogP contribution in [0, 0.1) is 6.92 Å². The first-order valence-electron chi connectivity index (χ1n) is 7.91. The summed E-state index contributed by atoms with van der Waals surface area (Å²) in [5, 5.41) is 10.2. The molecular formula is C19H16N4O2. The van der Waals surface area contributed by atoms with Crippen LogP contribution < -0.4 is 11.0 Å². The lowest BCUT2D eigenvalue weighted by molar-refractivity contribution is 0.0963. The van der Waals surface area contributed by atoms with E-state index in [9.17, 15) is 9.59 Å². The molecule has 0 aliphatic heterocycles. The second-order valence-electron chi connectivity index (χ2n) is 5.94. The minimum Gasteiger partial charge on any atom is -0.355 e. The Morgan fingerprint density at radius 1 is 1.08 bits per heavy atom. The molecule has 0 aliphatic carbocycles. The molecule has 0 spiro atoms. The van der Waals surface area contributed by atoms with Gasteiger partial charge in [-0.1, -0.05) is 24.3 Å². The molecule has 0 bridgehead atoms. The minimum absolute atomic E-state index is 0.118. The van der Waals surface area contributed by atoms with Crippen LogP contribution in [0.1, 0.15) is 15.9 Å². The molecule has 6 heteroatoms. The van der Waals surface area contributed by atoms with Crippen LogP contribution in [-0.2, 0) is 0 Å². The molecule has 0 fully saturated rings. The number of hydrogen-bond donors (Lipinski definition) is 2. The van der Waals surface area contributed by atoms with E-state index in [1.165, 1.54) is 0 Å². The summed E-state index contributed by atoms with van der Waals surface area (Å²) in [4.78, 5) is 23.8. The summed E-state index contributed by atoms with van der Waals surface area (Å²) in [6, 6.07) is 15.3. The van der Waals surface area contributed by atoms with Gasteiger partial charge in [0.15, 0.2) is 5.65 Å². The van der Waals surface area contributed by atoms with Crippen LogP contribution >= 0.6 is 0 Å². The lowest BCUT2D eigenvalue weighted by Gasteiger charge is -2.08. The third-order valence-electron chi connectivity index (χ3n) is 4.41. The van der Waals surface area contributed by atoms with Gasteiger partial charge >= 0.3 is 5.69 Å². The van der Waals surface area contributed by atoms with Gasteiger partial charge in [0.1, 0.15) is 0 Å². The van der Waals surface area contributed by atoms with Crippen molar-refractivity contribution in [1.82, 2.24) is 19.9 Å². The van der Waals surface area contributed by atoms with Crippen molar-refractivity contribution in [3.8, 4) is 11.1 Å². The number of carbonyl (C=O) groups excluding carboxylic acids is 1. The largest absolute Gasteiger partial charge is 0.355 e. The van der Waals surface area contributed by atoms with E-state index in [2.05, 4.69) is 15.5 Å². The molecule has 2 heterocycles. The van der Waals surface area contributed by atoms with E-state index in [-0.39, 0.29) is 11.6 Å². The fraction of sp³-hybridized carbons (Fsp3) is 0.105. The molecule has 0 aliphatic rings. The van der Waals surface area contributed by atoms with E-state index in [0.29, 0.717) is 11.2 Å². The summed E-state index contributed by atoms with van der Waals surface area (Å²) in [6.45, 7) is 2.00. The van der Waals surface area contributed by atoms with Crippen LogP contribution in [0.4, 0.5) is 0 Å². The lowest BCUT2D eigenvalue weighted by Crippen LogP contribution is -2.17. The Kier molecular flexibility index (Phi) is 3.39. The molecule has 2 aromatic heterocycles. The average Bonchev–Trinajstić information content (AvgIpc) is 3.01. The molecule has 2 N–H and O–H groups in total. The Morgan fingerprint density at radius 3 is 2.52 bits per heavy atom. The van der Waals surface area contributed by atoms with E-state index in [1.54, 1.807) is 23.6 Å². The average molecular weight is 332 g/mol. The predicted molar refractivity (Wildman–Crippen MR) is 96.9 cm³/mol. The maximum absolute atomic E-state index is 12.1. The highest BCUT2D eigenvalue weighted by atomic mass is 16.2. The zero-order valence-corrected chi connectivity index (χ0v) is 13.8. The molecule has 0 unspecified atom stereocenters. The number of rotatable bonds is 2. The van der Waals surface area contributed by atoms with Crippen molar-refractivity contribution >= 4 is 22.5 Å². The van der Waals surface area contributed by atoms with Crippen LogP contribution in [0.15, 0.2) is 53.3 Å². The Morgan fingerprint density at radius 2 is 1.80 bits per heavy atom. The molecule has 0 saturated heterocycles. The monoisotopic (exact) mass is 332 g/mol. The van der Waals surface area contributed by atoms with Crippen molar-refractivity contribution in [3.05, 3.63) is 70.1 Å².